The second-order valence-corrected chi connectivity index (χ2v) is 10.3. The van der Waals surface area contributed by atoms with Crippen molar-refractivity contribution in [3.05, 3.63) is 23.8 Å². The summed E-state index contributed by atoms with van der Waals surface area (Å²) in [5.74, 6) is -1.68. The number of hydrogen-bond acceptors (Lipinski definition) is 8. The number of fused-ring (bicyclic) bond motifs is 1. The van der Waals surface area contributed by atoms with Crippen LogP contribution >= 0.6 is 0 Å². The molecule has 3 rings (SSSR count). The summed E-state index contributed by atoms with van der Waals surface area (Å²) in [5, 5.41) is 0. The number of carbonyl (C=O) groups is 4. The zero-order valence-electron chi connectivity index (χ0n) is 20.8. The van der Waals surface area contributed by atoms with Crippen LogP contribution in [-0.4, -0.2) is 49.3 Å². The first-order valence-corrected chi connectivity index (χ1v) is 11.9. The predicted molar refractivity (Wildman–Crippen MR) is 122 cm³/mol. The highest BCUT2D eigenvalue weighted by atomic mass is 16.6. The summed E-state index contributed by atoms with van der Waals surface area (Å²) in [5.41, 5.74) is 0.530. The van der Waals surface area contributed by atoms with Crippen LogP contribution in [0.5, 0.6) is 0 Å². The zero-order chi connectivity index (χ0) is 25.3. The van der Waals surface area contributed by atoms with Gasteiger partial charge in [0.25, 0.3) is 0 Å². The monoisotopic (exact) mass is 476 g/mol. The summed E-state index contributed by atoms with van der Waals surface area (Å²) in [6.07, 6.45) is 3.89. The number of ether oxygens (including phenoxy) is 4. The van der Waals surface area contributed by atoms with Crippen molar-refractivity contribution in [3.8, 4) is 0 Å². The minimum atomic E-state index is -0.726. The van der Waals surface area contributed by atoms with Gasteiger partial charge in [-0.1, -0.05) is 26.0 Å². The molecule has 1 heterocycles. The topological polar surface area (TPSA) is 105 Å². The standard InChI is InChI=1S/C26H36O8/c1-15-7-8-22-25(5,11-9-23(34-18(4)29)26(22,6)14-32-16(2)27)20(15)13-21(33-17(3)28)19-10-12-31-24(19)30/h10,20-23H,1,7-9,11-14H2,2-6H3. The van der Waals surface area contributed by atoms with Crippen molar-refractivity contribution >= 4 is 23.9 Å². The summed E-state index contributed by atoms with van der Waals surface area (Å²) >= 11 is 0. The van der Waals surface area contributed by atoms with Crippen LogP contribution in [0.1, 0.15) is 66.7 Å². The van der Waals surface area contributed by atoms with Gasteiger partial charge >= 0.3 is 23.9 Å². The highest BCUT2D eigenvalue weighted by molar-refractivity contribution is 5.92. The van der Waals surface area contributed by atoms with E-state index in [2.05, 4.69) is 13.5 Å². The Morgan fingerprint density at radius 2 is 1.85 bits per heavy atom. The number of esters is 4. The molecule has 0 aromatic rings. The molecule has 0 aromatic heterocycles. The average molecular weight is 477 g/mol. The first-order chi connectivity index (χ1) is 15.9. The molecule has 6 atom stereocenters. The maximum atomic E-state index is 12.3. The number of allylic oxidation sites excluding steroid dienone is 1. The average Bonchev–Trinajstić information content (AvgIpc) is 3.16. The summed E-state index contributed by atoms with van der Waals surface area (Å²) in [4.78, 5) is 47.7. The normalized spacial score (nSPS) is 33.8. The molecule has 34 heavy (non-hydrogen) atoms. The molecule has 0 N–H and O–H groups in total. The molecule has 0 saturated heterocycles. The third kappa shape index (κ3) is 5.05. The summed E-state index contributed by atoms with van der Waals surface area (Å²) < 4.78 is 21.9. The Bertz CT molecular complexity index is 904. The zero-order valence-corrected chi connectivity index (χ0v) is 20.8. The van der Waals surface area contributed by atoms with Gasteiger partial charge in [0.1, 0.15) is 25.4 Å². The molecule has 2 aliphatic carbocycles. The molecule has 3 aliphatic rings. The van der Waals surface area contributed by atoms with Crippen molar-refractivity contribution in [1.82, 2.24) is 0 Å². The smallest absolute Gasteiger partial charge is 0.337 e. The van der Waals surface area contributed by atoms with Crippen LogP contribution in [0.4, 0.5) is 0 Å². The molecule has 0 bridgehead atoms. The minimum absolute atomic E-state index is 0.0513. The quantitative estimate of drug-likeness (QED) is 0.311. The molecule has 0 radical (unpaired) electrons. The molecule has 8 heteroatoms. The first-order valence-electron chi connectivity index (χ1n) is 11.9. The molecular formula is C26H36O8. The van der Waals surface area contributed by atoms with Crippen LogP contribution in [-0.2, 0) is 38.1 Å². The third-order valence-electron chi connectivity index (χ3n) is 8.07. The number of carbonyl (C=O) groups excluding carboxylic acids is 4. The number of rotatable bonds is 7. The Labute approximate surface area is 201 Å². The van der Waals surface area contributed by atoms with E-state index in [-0.39, 0.29) is 48.5 Å². The van der Waals surface area contributed by atoms with Crippen molar-refractivity contribution in [2.24, 2.45) is 22.7 Å². The van der Waals surface area contributed by atoms with Crippen molar-refractivity contribution < 1.29 is 38.1 Å². The highest BCUT2D eigenvalue weighted by Crippen LogP contribution is 2.62. The van der Waals surface area contributed by atoms with Crippen LogP contribution in [0.2, 0.25) is 0 Å². The molecule has 0 amide bonds. The van der Waals surface area contributed by atoms with Gasteiger partial charge in [-0.15, -0.1) is 0 Å². The molecule has 0 spiro atoms. The maximum Gasteiger partial charge on any atom is 0.337 e. The summed E-state index contributed by atoms with van der Waals surface area (Å²) in [7, 11) is 0. The Hall–Kier alpha value is -2.64. The van der Waals surface area contributed by atoms with Gasteiger partial charge in [-0.05, 0) is 55.4 Å². The van der Waals surface area contributed by atoms with E-state index in [0.29, 0.717) is 18.4 Å². The largest absolute Gasteiger partial charge is 0.465 e. The van der Waals surface area contributed by atoms with Crippen molar-refractivity contribution in [3.63, 3.8) is 0 Å². The van der Waals surface area contributed by atoms with E-state index >= 15 is 0 Å². The minimum Gasteiger partial charge on any atom is -0.465 e. The SMILES string of the molecule is C=C1CCC2C(C)(COC(C)=O)C(OC(C)=O)CCC2(C)C1CC(OC(C)=O)C1=CCOC1=O. The molecule has 188 valence electrons. The Balaban J connectivity index is 1.96. The highest BCUT2D eigenvalue weighted by Gasteiger charge is 2.60. The van der Waals surface area contributed by atoms with E-state index < -0.39 is 23.5 Å². The Morgan fingerprint density at radius 3 is 2.41 bits per heavy atom. The van der Waals surface area contributed by atoms with Crippen LogP contribution in [0, 0.1) is 22.7 Å². The third-order valence-corrected chi connectivity index (χ3v) is 8.07. The molecule has 1 aliphatic heterocycles. The second kappa shape index (κ2) is 9.92. The van der Waals surface area contributed by atoms with Crippen LogP contribution in [0.15, 0.2) is 23.8 Å². The molecule has 8 nitrogen and oxygen atoms in total. The second-order valence-electron chi connectivity index (χ2n) is 10.3. The molecular weight excluding hydrogens is 440 g/mol. The van der Waals surface area contributed by atoms with Crippen molar-refractivity contribution in [2.75, 3.05) is 13.2 Å². The first kappa shape index (κ1) is 26.0. The van der Waals surface area contributed by atoms with Gasteiger partial charge < -0.3 is 18.9 Å². The van der Waals surface area contributed by atoms with E-state index in [9.17, 15) is 19.2 Å². The molecule has 2 fully saturated rings. The van der Waals surface area contributed by atoms with Crippen LogP contribution in [0.25, 0.3) is 0 Å². The molecule has 2 saturated carbocycles. The molecule has 6 unspecified atom stereocenters. The fourth-order valence-electron chi connectivity index (χ4n) is 6.54. The predicted octanol–water partition coefficient (Wildman–Crippen LogP) is 3.68. The maximum absolute atomic E-state index is 12.3. The number of hydrogen-bond donors (Lipinski definition) is 0. The molecule has 0 aromatic carbocycles. The fourth-order valence-corrected chi connectivity index (χ4v) is 6.54. The van der Waals surface area contributed by atoms with Gasteiger partial charge in [0.2, 0.25) is 0 Å². The lowest BCUT2D eigenvalue weighted by molar-refractivity contribution is -0.192. The van der Waals surface area contributed by atoms with E-state index in [0.717, 1.165) is 24.8 Å². The van der Waals surface area contributed by atoms with Crippen LogP contribution < -0.4 is 0 Å². The van der Waals surface area contributed by atoms with Crippen molar-refractivity contribution in [2.45, 2.75) is 78.9 Å². The lowest BCUT2D eigenvalue weighted by Gasteiger charge is -2.60. The van der Waals surface area contributed by atoms with E-state index in [1.807, 2.05) is 6.92 Å². The van der Waals surface area contributed by atoms with Gasteiger partial charge in [0.15, 0.2) is 0 Å². The lowest BCUT2D eigenvalue weighted by Crippen LogP contribution is -2.59. The van der Waals surface area contributed by atoms with Gasteiger partial charge in [-0.2, -0.15) is 0 Å². The Morgan fingerprint density at radius 1 is 1.15 bits per heavy atom. The summed E-state index contributed by atoms with van der Waals surface area (Å²) in [6, 6.07) is 0. The van der Waals surface area contributed by atoms with Gasteiger partial charge in [0, 0.05) is 26.2 Å². The number of cyclic esters (lactones) is 1. The summed E-state index contributed by atoms with van der Waals surface area (Å²) in [6.45, 7) is 13.0. The Kier molecular flexibility index (Phi) is 7.58. The van der Waals surface area contributed by atoms with Gasteiger partial charge in [-0.25, -0.2) is 4.79 Å². The lowest BCUT2D eigenvalue weighted by atomic mass is 9.46. The fraction of sp³-hybridized carbons (Fsp3) is 0.692. The van der Waals surface area contributed by atoms with Crippen molar-refractivity contribution in [1.29, 1.82) is 0 Å². The van der Waals surface area contributed by atoms with E-state index in [1.54, 1.807) is 6.08 Å². The van der Waals surface area contributed by atoms with E-state index in [1.165, 1.54) is 20.8 Å². The van der Waals surface area contributed by atoms with E-state index in [4.69, 9.17) is 18.9 Å². The van der Waals surface area contributed by atoms with Gasteiger partial charge in [-0.3, -0.25) is 14.4 Å². The van der Waals surface area contributed by atoms with Gasteiger partial charge in [0.05, 0.1) is 5.57 Å². The van der Waals surface area contributed by atoms with Crippen LogP contribution in [0.3, 0.4) is 0 Å².